The average molecular weight is 671 g/mol. The summed E-state index contributed by atoms with van der Waals surface area (Å²) in [5, 5.41) is 6.47. The Hall–Kier alpha value is -4.05. The van der Waals surface area contributed by atoms with Gasteiger partial charge in [-0.1, -0.05) is 11.6 Å². The van der Waals surface area contributed by atoms with Gasteiger partial charge in [-0.2, -0.15) is 4.98 Å². The molecule has 0 saturated carbocycles. The summed E-state index contributed by atoms with van der Waals surface area (Å²) < 4.78 is 48.0. The van der Waals surface area contributed by atoms with Crippen molar-refractivity contribution in [2.75, 3.05) is 79.9 Å². The van der Waals surface area contributed by atoms with E-state index in [1.807, 2.05) is 18.2 Å². The van der Waals surface area contributed by atoms with Crippen LogP contribution >= 0.6 is 11.6 Å². The summed E-state index contributed by atoms with van der Waals surface area (Å²) in [6, 6.07) is 8.95. The highest BCUT2D eigenvalue weighted by Crippen LogP contribution is 2.36. The zero-order valence-electron chi connectivity index (χ0n) is 25.7. The lowest BCUT2D eigenvalue weighted by molar-refractivity contribution is 0.0532. The lowest BCUT2D eigenvalue weighted by atomic mass is 9.99. The first-order chi connectivity index (χ1) is 22.1. The first kappa shape index (κ1) is 31.9. The molecular weight excluding hydrogens is 635 g/mol. The van der Waals surface area contributed by atoms with Gasteiger partial charge in [0.25, 0.3) is 0 Å². The summed E-state index contributed by atoms with van der Waals surface area (Å²) in [5.41, 5.74) is 2.91. The molecule has 2 aromatic heterocycles. The molecule has 46 heavy (non-hydrogen) atoms. The van der Waals surface area contributed by atoms with Gasteiger partial charge in [0.15, 0.2) is 5.82 Å². The van der Waals surface area contributed by atoms with Crippen molar-refractivity contribution in [3.63, 3.8) is 0 Å². The van der Waals surface area contributed by atoms with E-state index in [-0.39, 0.29) is 28.5 Å². The molecule has 0 bridgehead atoms. The van der Waals surface area contributed by atoms with Crippen LogP contribution < -0.4 is 25.0 Å². The van der Waals surface area contributed by atoms with Crippen molar-refractivity contribution in [1.29, 1.82) is 0 Å². The Balaban J connectivity index is 1.19. The Labute approximate surface area is 272 Å². The number of rotatable bonds is 9. The van der Waals surface area contributed by atoms with Crippen LogP contribution in [0.4, 0.5) is 38.9 Å². The van der Waals surface area contributed by atoms with Crippen LogP contribution in [-0.2, 0) is 10.0 Å². The average Bonchev–Trinajstić information content (AvgIpc) is 3.04. The number of hydrogen-bond donors (Lipinski definition) is 3. The Morgan fingerprint density at radius 3 is 2.50 bits per heavy atom. The van der Waals surface area contributed by atoms with Gasteiger partial charge in [0.05, 0.1) is 48.7 Å². The van der Waals surface area contributed by atoms with E-state index in [4.69, 9.17) is 16.3 Å². The quantitative estimate of drug-likeness (QED) is 0.236. The highest BCUT2D eigenvalue weighted by molar-refractivity contribution is 7.92. The molecule has 2 aromatic carbocycles. The number of ether oxygens (including phenoxy) is 1. The summed E-state index contributed by atoms with van der Waals surface area (Å²) in [5.74, 6) is 0.981. The summed E-state index contributed by atoms with van der Waals surface area (Å²) in [6.07, 6.45) is 5.29. The maximum atomic E-state index is 15.4. The number of piperidine rings is 1. The highest BCUT2D eigenvalue weighted by atomic mass is 35.5. The zero-order chi connectivity index (χ0) is 32.4. The maximum absolute atomic E-state index is 15.4. The number of likely N-dealkylation sites (N-methyl/N-ethyl adjacent to an activating group) is 1. The first-order valence-corrected chi connectivity index (χ1v) is 17.1. The van der Waals surface area contributed by atoms with Crippen LogP contribution in [0.3, 0.4) is 0 Å². The van der Waals surface area contributed by atoms with Crippen LogP contribution in [0.1, 0.15) is 6.42 Å². The van der Waals surface area contributed by atoms with Crippen molar-refractivity contribution < 1.29 is 17.5 Å². The Kier molecular flexibility index (Phi) is 9.27. The zero-order valence-corrected chi connectivity index (χ0v) is 27.3. The van der Waals surface area contributed by atoms with Gasteiger partial charge in [-0.25, -0.2) is 17.8 Å². The number of nitrogens with zero attached hydrogens (tertiary/aromatic N) is 7. The molecule has 16 heteroatoms. The summed E-state index contributed by atoms with van der Waals surface area (Å²) in [7, 11) is 0.0172. The van der Waals surface area contributed by atoms with Crippen LogP contribution in [0.25, 0.3) is 11.0 Å². The molecule has 4 heterocycles. The van der Waals surface area contributed by atoms with Crippen molar-refractivity contribution in [1.82, 2.24) is 29.7 Å². The normalized spacial score (nSPS) is 19.6. The lowest BCUT2D eigenvalue weighted by Crippen LogP contribution is -2.57. The van der Waals surface area contributed by atoms with Crippen LogP contribution in [0.2, 0.25) is 5.02 Å². The van der Waals surface area contributed by atoms with E-state index in [9.17, 15) is 8.42 Å². The minimum atomic E-state index is -3.65. The number of fused-ring (bicyclic) bond motifs is 1. The maximum Gasteiger partial charge on any atom is 0.229 e. The molecule has 6 rings (SSSR count). The van der Waals surface area contributed by atoms with E-state index in [0.29, 0.717) is 34.7 Å². The van der Waals surface area contributed by atoms with Crippen LogP contribution in [0, 0.1) is 0 Å². The molecular formula is C30H36ClFN10O3S. The minimum absolute atomic E-state index is 0.0570. The van der Waals surface area contributed by atoms with Crippen molar-refractivity contribution in [2.24, 2.45) is 0 Å². The van der Waals surface area contributed by atoms with Crippen LogP contribution in [0.15, 0.2) is 48.9 Å². The fourth-order valence-electron chi connectivity index (χ4n) is 5.86. The third kappa shape index (κ3) is 7.17. The third-order valence-corrected chi connectivity index (χ3v) is 9.09. The molecule has 0 amide bonds. The van der Waals surface area contributed by atoms with Gasteiger partial charge in [-0.15, -0.1) is 0 Å². The third-order valence-electron chi connectivity index (χ3n) is 8.24. The van der Waals surface area contributed by atoms with Gasteiger partial charge in [-0.3, -0.25) is 19.6 Å². The van der Waals surface area contributed by atoms with E-state index in [1.54, 1.807) is 19.2 Å². The van der Waals surface area contributed by atoms with E-state index >= 15 is 4.39 Å². The van der Waals surface area contributed by atoms with Crippen molar-refractivity contribution in [3.8, 4) is 5.75 Å². The van der Waals surface area contributed by atoms with E-state index in [2.05, 4.69) is 57.0 Å². The predicted octanol–water partition coefficient (Wildman–Crippen LogP) is 4.10. The van der Waals surface area contributed by atoms with Gasteiger partial charge in [-0.05, 0) is 37.7 Å². The number of nitrogens with one attached hydrogen (secondary N) is 3. The molecule has 244 valence electrons. The summed E-state index contributed by atoms with van der Waals surface area (Å²) >= 11 is 6.45. The summed E-state index contributed by atoms with van der Waals surface area (Å²) in [4.78, 5) is 24.0. The number of anilines is 6. The molecule has 0 aliphatic carbocycles. The van der Waals surface area contributed by atoms with Gasteiger partial charge in [0.1, 0.15) is 22.5 Å². The Morgan fingerprint density at radius 1 is 1.00 bits per heavy atom. The molecule has 2 aliphatic rings. The number of halogens is 2. The van der Waals surface area contributed by atoms with Gasteiger partial charge in [0, 0.05) is 62.9 Å². The molecule has 0 radical (unpaired) electrons. The standard InChI is InChI=1S/C30H36ClFN10O3S/c1-40-12-14-41(15-13-40)25-8-11-42(18-21(25)32)19-4-5-22(26(16-19)45-2)37-30-35-17-20(31)29(38-30)36-24-7-6-23-27(34-10-9-33-23)28(24)39-46(3,43)44/h4-7,9-10,16-17,21,25,39H,8,11-15,18H2,1-3H3,(H2,35,36,37,38)/t21-,25+/m1/s1. The van der Waals surface area contributed by atoms with Gasteiger partial charge in [0.2, 0.25) is 16.0 Å². The van der Waals surface area contributed by atoms with E-state index in [1.165, 1.54) is 18.6 Å². The molecule has 0 unspecified atom stereocenters. The van der Waals surface area contributed by atoms with Gasteiger partial charge >= 0.3 is 0 Å². The van der Waals surface area contributed by atoms with Crippen molar-refractivity contribution in [2.45, 2.75) is 18.6 Å². The minimum Gasteiger partial charge on any atom is -0.494 e. The van der Waals surface area contributed by atoms with Crippen LogP contribution in [0.5, 0.6) is 5.75 Å². The van der Waals surface area contributed by atoms with Crippen molar-refractivity contribution >= 4 is 67.2 Å². The largest absolute Gasteiger partial charge is 0.494 e. The molecule has 0 spiro atoms. The highest BCUT2D eigenvalue weighted by Gasteiger charge is 2.35. The molecule has 2 aliphatic heterocycles. The SMILES string of the molecule is COc1cc(N2CC[C@H](N3CCN(C)CC3)[C@H](F)C2)ccc1Nc1ncc(Cl)c(Nc2ccc3nccnc3c2NS(C)(=O)=O)n1. The Morgan fingerprint density at radius 2 is 1.76 bits per heavy atom. The second-order valence-electron chi connectivity index (χ2n) is 11.5. The number of methoxy groups -OCH3 is 1. The summed E-state index contributed by atoms with van der Waals surface area (Å²) in [6.45, 7) is 4.80. The molecule has 4 aromatic rings. The second-order valence-corrected chi connectivity index (χ2v) is 13.6. The number of aromatic nitrogens is 4. The van der Waals surface area contributed by atoms with Crippen molar-refractivity contribution in [3.05, 3.63) is 53.9 Å². The number of hydrogen-bond acceptors (Lipinski definition) is 12. The second kappa shape index (κ2) is 13.4. The molecule has 2 atom stereocenters. The molecule has 3 N–H and O–H groups in total. The molecule has 2 saturated heterocycles. The Bertz CT molecular complexity index is 1830. The van der Waals surface area contributed by atoms with E-state index < -0.39 is 16.2 Å². The monoisotopic (exact) mass is 670 g/mol. The number of sulfonamides is 1. The smallest absolute Gasteiger partial charge is 0.229 e. The number of alkyl halides is 1. The predicted molar refractivity (Wildman–Crippen MR) is 179 cm³/mol. The topological polar surface area (TPSA) is 141 Å². The van der Waals surface area contributed by atoms with E-state index in [0.717, 1.165) is 51.1 Å². The molecule has 2 fully saturated rings. The fraction of sp³-hybridized carbons (Fsp3) is 0.400. The van der Waals surface area contributed by atoms with Gasteiger partial charge < -0.3 is 25.2 Å². The first-order valence-electron chi connectivity index (χ1n) is 14.9. The lowest BCUT2D eigenvalue weighted by Gasteiger charge is -2.44. The molecule has 13 nitrogen and oxygen atoms in total. The number of piperazine rings is 1. The fourth-order valence-corrected chi connectivity index (χ4v) is 6.58. The van der Waals surface area contributed by atoms with Crippen LogP contribution in [-0.4, -0.2) is 110 Å². The number of benzene rings is 2.